The van der Waals surface area contributed by atoms with Gasteiger partial charge in [0.1, 0.15) is 6.04 Å². The monoisotopic (exact) mass is 270 g/mol. The maximum atomic E-state index is 11.2. The zero-order chi connectivity index (χ0) is 13.5. The predicted molar refractivity (Wildman–Crippen MR) is 66.3 cm³/mol. The lowest BCUT2D eigenvalue weighted by atomic mass is 10.3. The Kier molecular flexibility index (Phi) is 5.60. The molecule has 0 fully saturated rings. The highest BCUT2D eigenvalue weighted by molar-refractivity contribution is 7.99. The molecule has 2 N–H and O–H groups in total. The van der Waals surface area contributed by atoms with Gasteiger partial charge in [-0.15, -0.1) is 11.8 Å². The number of hydrogen-bond acceptors (Lipinski definition) is 7. The summed E-state index contributed by atoms with van der Waals surface area (Å²) in [6.45, 7) is 0. The number of methoxy groups -OCH3 is 2. The lowest BCUT2D eigenvalue weighted by Gasteiger charge is -2.08. The minimum atomic E-state index is -0.693. The zero-order valence-corrected chi connectivity index (χ0v) is 10.9. The van der Waals surface area contributed by atoms with Crippen molar-refractivity contribution in [3.05, 3.63) is 23.9 Å². The Labute approximate surface area is 109 Å². The number of carbonyl (C=O) groups excluding carboxylic acids is 2. The average Bonchev–Trinajstić information content (AvgIpc) is 2.43. The Morgan fingerprint density at radius 2 is 2.11 bits per heavy atom. The van der Waals surface area contributed by atoms with Crippen LogP contribution in [0.3, 0.4) is 0 Å². The smallest absolute Gasteiger partial charge is 0.339 e. The van der Waals surface area contributed by atoms with Crippen LogP contribution in [0.2, 0.25) is 0 Å². The first kappa shape index (κ1) is 14.5. The third-order valence-corrected chi connectivity index (χ3v) is 3.14. The first-order chi connectivity index (χ1) is 8.58. The maximum Gasteiger partial charge on any atom is 0.339 e. The molecule has 1 rings (SSSR count). The number of aromatic nitrogens is 1. The van der Waals surface area contributed by atoms with Crippen LogP contribution in [-0.2, 0) is 14.3 Å². The van der Waals surface area contributed by atoms with Crippen LogP contribution in [0.1, 0.15) is 10.4 Å². The Balaban J connectivity index is 2.54. The van der Waals surface area contributed by atoms with Crippen molar-refractivity contribution in [3.8, 4) is 0 Å². The SMILES string of the molecule is COC(=O)c1ccc(SC[C@H](N)C(=O)OC)nc1. The van der Waals surface area contributed by atoms with Crippen LogP contribution in [0.4, 0.5) is 0 Å². The van der Waals surface area contributed by atoms with Crippen LogP contribution in [0.25, 0.3) is 0 Å². The summed E-state index contributed by atoms with van der Waals surface area (Å²) in [6, 6.07) is 2.58. The quantitative estimate of drug-likeness (QED) is 0.614. The largest absolute Gasteiger partial charge is 0.468 e. The van der Waals surface area contributed by atoms with E-state index in [0.717, 1.165) is 0 Å². The lowest BCUT2D eigenvalue weighted by Crippen LogP contribution is -2.33. The van der Waals surface area contributed by atoms with Gasteiger partial charge in [0.2, 0.25) is 0 Å². The Morgan fingerprint density at radius 3 is 2.61 bits per heavy atom. The molecule has 6 nitrogen and oxygen atoms in total. The van der Waals surface area contributed by atoms with E-state index in [-0.39, 0.29) is 0 Å². The van der Waals surface area contributed by atoms with Gasteiger partial charge in [-0.3, -0.25) is 4.79 Å². The van der Waals surface area contributed by atoms with E-state index in [0.29, 0.717) is 16.3 Å². The molecule has 0 unspecified atom stereocenters. The van der Waals surface area contributed by atoms with Crippen LogP contribution in [0, 0.1) is 0 Å². The molecule has 0 radical (unpaired) electrons. The van der Waals surface area contributed by atoms with Crippen molar-refractivity contribution in [1.82, 2.24) is 4.98 Å². The molecule has 0 spiro atoms. The molecule has 1 atom stereocenters. The number of nitrogens with zero attached hydrogens (tertiary/aromatic N) is 1. The molecule has 0 saturated carbocycles. The zero-order valence-electron chi connectivity index (χ0n) is 10.1. The van der Waals surface area contributed by atoms with Crippen LogP contribution in [-0.4, -0.2) is 42.9 Å². The molecule has 0 saturated heterocycles. The third kappa shape index (κ3) is 4.01. The standard InChI is InChI=1S/C11H14N2O4S/c1-16-10(14)7-3-4-9(13-5-7)18-6-8(12)11(15)17-2/h3-5,8H,6,12H2,1-2H3/t8-/m0/s1. The van der Waals surface area contributed by atoms with E-state index in [2.05, 4.69) is 14.5 Å². The number of esters is 2. The molecule has 1 aromatic rings. The highest BCUT2D eigenvalue weighted by atomic mass is 32.2. The number of thioether (sulfide) groups is 1. The minimum Gasteiger partial charge on any atom is -0.468 e. The number of pyridine rings is 1. The van der Waals surface area contributed by atoms with Gasteiger partial charge in [-0.2, -0.15) is 0 Å². The number of hydrogen-bond donors (Lipinski definition) is 1. The summed E-state index contributed by atoms with van der Waals surface area (Å²) in [5.74, 6) is -0.545. The molecule has 0 aliphatic carbocycles. The third-order valence-electron chi connectivity index (χ3n) is 2.07. The highest BCUT2D eigenvalue weighted by Crippen LogP contribution is 2.16. The molecule has 0 amide bonds. The molecule has 0 aromatic carbocycles. The summed E-state index contributed by atoms with van der Waals surface area (Å²) in [7, 11) is 2.59. The molecule has 0 aliphatic heterocycles. The van der Waals surface area contributed by atoms with Crippen LogP contribution in [0.15, 0.2) is 23.4 Å². The summed E-state index contributed by atoms with van der Waals surface area (Å²) >= 11 is 1.31. The minimum absolute atomic E-state index is 0.358. The Hall–Kier alpha value is -1.60. The van der Waals surface area contributed by atoms with E-state index in [4.69, 9.17) is 5.73 Å². The molecular formula is C11H14N2O4S. The topological polar surface area (TPSA) is 91.5 Å². The lowest BCUT2D eigenvalue weighted by molar-refractivity contribution is -0.141. The number of nitrogens with two attached hydrogens (primary N) is 1. The van der Waals surface area contributed by atoms with Gasteiger partial charge in [-0.25, -0.2) is 9.78 Å². The van der Waals surface area contributed by atoms with Crippen molar-refractivity contribution >= 4 is 23.7 Å². The molecule has 1 heterocycles. The second-order valence-electron chi connectivity index (χ2n) is 3.32. The van der Waals surface area contributed by atoms with Crippen molar-refractivity contribution < 1.29 is 19.1 Å². The van der Waals surface area contributed by atoms with E-state index < -0.39 is 18.0 Å². The second-order valence-corrected chi connectivity index (χ2v) is 4.36. The van der Waals surface area contributed by atoms with E-state index in [1.807, 2.05) is 0 Å². The maximum absolute atomic E-state index is 11.2. The fraction of sp³-hybridized carbons (Fsp3) is 0.364. The molecular weight excluding hydrogens is 256 g/mol. The van der Waals surface area contributed by atoms with Crippen molar-refractivity contribution in [2.24, 2.45) is 5.73 Å². The van der Waals surface area contributed by atoms with E-state index in [1.54, 1.807) is 12.1 Å². The fourth-order valence-corrected chi connectivity index (χ4v) is 1.88. The summed E-state index contributed by atoms with van der Waals surface area (Å²) in [6.07, 6.45) is 1.41. The number of ether oxygens (including phenoxy) is 2. The Morgan fingerprint density at radius 1 is 1.39 bits per heavy atom. The molecule has 0 aliphatic rings. The van der Waals surface area contributed by atoms with Crippen LogP contribution in [0.5, 0.6) is 0 Å². The van der Waals surface area contributed by atoms with Crippen molar-refractivity contribution in [2.75, 3.05) is 20.0 Å². The first-order valence-electron chi connectivity index (χ1n) is 5.09. The molecule has 98 valence electrons. The fourth-order valence-electron chi connectivity index (χ4n) is 1.10. The van der Waals surface area contributed by atoms with Gasteiger partial charge >= 0.3 is 11.9 Å². The van der Waals surface area contributed by atoms with Crippen molar-refractivity contribution in [3.63, 3.8) is 0 Å². The molecule has 1 aromatic heterocycles. The molecule has 18 heavy (non-hydrogen) atoms. The normalized spacial score (nSPS) is 11.7. The summed E-state index contributed by atoms with van der Waals surface area (Å²) < 4.78 is 9.06. The van der Waals surface area contributed by atoms with Gasteiger partial charge in [-0.1, -0.05) is 0 Å². The highest BCUT2D eigenvalue weighted by Gasteiger charge is 2.14. The summed E-state index contributed by atoms with van der Waals surface area (Å²) in [5.41, 5.74) is 5.95. The van der Waals surface area contributed by atoms with Gasteiger partial charge in [0, 0.05) is 11.9 Å². The van der Waals surface area contributed by atoms with Gasteiger partial charge in [0.15, 0.2) is 0 Å². The predicted octanol–water partition coefficient (Wildman–Crippen LogP) is 0.461. The first-order valence-corrected chi connectivity index (χ1v) is 6.07. The second kappa shape index (κ2) is 6.97. The van der Waals surface area contributed by atoms with Crippen molar-refractivity contribution in [2.45, 2.75) is 11.1 Å². The number of rotatable bonds is 5. The van der Waals surface area contributed by atoms with E-state index in [1.165, 1.54) is 32.2 Å². The average molecular weight is 270 g/mol. The van der Waals surface area contributed by atoms with E-state index >= 15 is 0 Å². The summed E-state index contributed by atoms with van der Waals surface area (Å²) in [4.78, 5) is 26.3. The van der Waals surface area contributed by atoms with Gasteiger partial charge in [-0.05, 0) is 12.1 Å². The van der Waals surface area contributed by atoms with Crippen molar-refractivity contribution in [1.29, 1.82) is 0 Å². The van der Waals surface area contributed by atoms with Gasteiger partial charge in [0.25, 0.3) is 0 Å². The summed E-state index contributed by atoms with van der Waals surface area (Å²) in [5, 5.41) is 0.669. The Bertz CT molecular complexity index is 422. The van der Waals surface area contributed by atoms with Gasteiger partial charge < -0.3 is 15.2 Å². The van der Waals surface area contributed by atoms with E-state index in [9.17, 15) is 9.59 Å². The number of carbonyl (C=O) groups is 2. The van der Waals surface area contributed by atoms with Gasteiger partial charge in [0.05, 0.1) is 24.8 Å². The van der Waals surface area contributed by atoms with Crippen LogP contribution < -0.4 is 5.73 Å². The molecule has 0 bridgehead atoms. The molecule has 7 heteroatoms. The van der Waals surface area contributed by atoms with Crippen LogP contribution >= 0.6 is 11.8 Å².